The highest BCUT2D eigenvalue weighted by Gasteiger charge is 2.28. The van der Waals surface area contributed by atoms with E-state index in [9.17, 15) is 23.8 Å². The Morgan fingerprint density at radius 2 is 0.962 bits per heavy atom. The normalized spacial score (nSPS) is 13.9. The first-order valence-electron chi connectivity index (χ1n) is 20.7. The molecule has 0 aliphatic heterocycles. The molecule has 3 atom stereocenters. The Hall–Kier alpha value is -1.78. The van der Waals surface area contributed by atoms with Gasteiger partial charge in [-0.3, -0.25) is 23.4 Å². The third-order valence-corrected chi connectivity index (χ3v) is 9.96. The Morgan fingerprint density at radius 1 is 0.577 bits per heavy atom. The molecule has 3 unspecified atom stereocenters. The van der Waals surface area contributed by atoms with Gasteiger partial charge in [0.15, 0.2) is 6.10 Å². The molecule has 12 heteroatoms. The van der Waals surface area contributed by atoms with Crippen LogP contribution in [0, 0.1) is 0 Å². The number of phosphoric ester groups is 1. The first-order valence-corrected chi connectivity index (χ1v) is 22.2. The van der Waals surface area contributed by atoms with Crippen LogP contribution in [0.4, 0.5) is 0 Å². The molecule has 0 saturated carbocycles. The van der Waals surface area contributed by atoms with Crippen LogP contribution >= 0.6 is 7.82 Å². The highest BCUT2D eigenvalue weighted by Crippen LogP contribution is 2.43. The van der Waals surface area contributed by atoms with Gasteiger partial charge in [-0.05, 0) is 38.5 Å². The lowest BCUT2D eigenvalue weighted by atomic mass is 10.1. The predicted octanol–water partition coefficient (Wildman–Crippen LogP) is 10.5. The summed E-state index contributed by atoms with van der Waals surface area (Å²) in [5, 5.41) is 8.85. The van der Waals surface area contributed by atoms with Crippen molar-refractivity contribution in [2.24, 2.45) is 5.73 Å². The number of carboxylic acid groups (broad SMARTS) is 1. The van der Waals surface area contributed by atoms with E-state index >= 15 is 0 Å². The molecule has 0 heterocycles. The molecule has 0 rings (SSSR count). The second-order valence-corrected chi connectivity index (χ2v) is 15.6. The lowest BCUT2D eigenvalue weighted by Gasteiger charge is -2.20. The summed E-state index contributed by atoms with van der Waals surface area (Å²) in [6.45, 7) is 2.75. The summed E-state index contributed by atoms with van der Waals surface area (Å²) < 4.78 is 32.5. The van der Waals surface area contributed by atoms with Gasteiger partial charge in [0.2, 0.25) is 0 Å². The highest BCUT2D eigenvalue weighted by atomic mass is 31.2. The molecule has 0 aromatic rings. The van der Waals surface area contributed by atoms with Gasteiger partial charge in [0.25, 0.3) is 0 Å². The Labute approximate surface area is 316 Å². The van der Waals surface area contributed by atoms with Gasteiger partial charge < -0.3 is 25.2 Å². The van der Waals surface area contributed by atoms with Gasteiger partial charge in [0.1, 0.15) is 12.6 Å². The van der Waals surface area contributed by atoms with E-state index in [1.807, 2.05) is 0 Å². The van der Waals surface area contributed by atoms with Crippen LogP contribution < -0.4 is 5.73 Å². The first-order chi connectivity index (χ1) is 25.1. The number of carboxylic acids is 1. The van der Waals surface area contributed by atoms with Crippen LogP contribution in [0.5, 0.6) is 0 Å². The van der Waals surface area contributed by atoms with Crippen LogP contribution in [0.2, 0.25) is 0 Å². The highest BCUT2D eigenvalue weighted by molar-refractivity contribution is 7.47. The van der Waals surface area contributed by atoms with Crippen molar-refractivity contribution in [1.82, 2.24) is 0 Å². The lowest BCUT2D eigenvalue weighted by molar-refractivity contribution is -0.161. The number of unbranched alkanes of at least 4 members (excludes halogenated alkanes) is 23. The van der Waals surface area contributed by atoms with Crippen LogP contribution in [-0.2, 0) is 37.5 Å². The van der Waals surface area contributed by atoms with E-state index in [1.54, 1.807) is 0 Å². The number of carbonyl (C=O) groups is 3. The average molecular weight is 762 g/mol. The van der Waals surface area contributed by atoms with E-state index in [1.165, 1.54) is 116 Å². The van der Waals surface area contributed by atoms with Crippen molar-refractivity contribution in [3.8, 4) is 0 Å². The van der Waals surface area contributed by atoms with Crippen molar-refractivity contribution in [3.05, 3.63) is 12.2 Å². The van der Waals surface area contributed by atoms with Crippen molar-refractivity contribution in [3.63, 3.8) is 0 Å². The van der Waals surface area contributed by atoms with Crippen LogP contribution in [0.1, 0.15) is 194 Å². The van der Waals surface area contributed by atoms with Crippen molar-refractivity contribution >= 4 is 25.7 Å². The standard InChI is InChI=1S/C40H76NO10P/c1-3-5-7-9-11-12-13-14-15-16-17-18-19-20-21-22-23-24-26-28-30-32-39(43)51-36(34-49-52(46,47)50-35-37(41)40(44)45)33-48-38(42)31-29-27-25-10-8-6-4-2/h16-17,36-37H,3-15,18-35,41H2,1-2H3,(H,44,45)(H,46,47)/b17-16-. The molecule has 0 aromatic heterocycles. The minimum absolute atomic E-state index is 0.162. The molecule has 0 bridgehead atoms. The number of allylic oxidation sites excluding steroid dienone is 2. The molecule has 0 spiro atoms. The van der Waals surface area contributed by atoms with Crippen LogP contribution in [-0.4, -0.2) is 59.9 Å². The molecule has 0 saturated heterocycles. The summed E-state index contributed by atoms with van der Waals surface area (Å²) in [6.07, 6.45) is 34.5. The zero-order valence-electron chi connectivity index (χ0n) is 32.9. The number of nitrogens with two attached hydrogens (primary N) is 1. The summed E-state index contributed by atoms with van der Waals surface area (Å²) in [5.74, 6) is -2.38. The smallest absolute Gasteiger partial charge is 0.472 e. The fourth-order valence-corrected chi connectivity index (χ4v) is 6.48. The number of hydrogen-bond donors (Lipinski definition) is 3. The van der Waals surface area contributed by atoms with E-state index in [0.29, 0.717) is 12.8 Å². The van der Waals surface area contributed by atoms with Crippen molar-refractivity contribution in [2.75, 3.05) is 19.8 Å². The monoisotopic (exact) mass is 762 g/mol. The van der Waals surface area contributed by atoms with E-state index in [4.69, 9.17) is 24.8 Å². The molecular weight excluding hydrogens is 685 g/mol. The average Bonchev–Trinajstić information content (AvgIpc) is 3.12. The summed E-state index contributed by atoms with van der Waals surface area (Å²) in [6, 6.07) is -1.52. The topological polar surface area (TPSA) is 172 Å². The summed E-state index contributed by atoms with van der Waals surface area (Å²) in [5.41, 5.74) is 5.31. The molecule has 11 nitrogen and oxygen atoms in total. The number of ether oxygens (including phenoxy) is 2. The third-order valence-electron chi connectivity index (χ3n) is 9.01. The predicted molar refractivity (Wildman–Crippen MR) is 208 cm³/mol. The molecule has 0 fully saturated rings. The number of phosphoric acid groups is 1. The van der Waals surface area contributed by atoms with E-state index in [2.05, 4.69) is 30.5 Å². The molecule has 0 aliphatic rings. The maximum atomic E-state index is 12.6. The van der Waals surface area contributed by atoms with Gasteiger partial charge in [-0.15, -0.1) is 0 Å². The number of hydrogen-bond acceptors (Lipinski definition) is 9. The van der Waals surface area contributed by atoms with Crippen LogP contribution in [0.25, 0.3) is 0 Å². The van der Waals surface area contributed by atoms with E-state index < -0.39 is 51.1 Å². The fourth-order valence-electron chi connectivity index (χ4n) is 5.71. The Balaban J connectivity index is 4.21. The number of carbonyl (C=O) groups excluding carboxylic acids is 2. The van der Waals surface area contributed by atoms with Gasteiger partial charge in [-0.2, -0.15) is 0 Å². The number of rotatable bonds is 39. The minimum Gasteiger partial charge on any atom is -0.480 e. The Bertz CT molecular complexity index is 947. The van der Waals surface area contributed by atoms with Gasteiger partial charge in [0.05, 0.1) is 13.2 Å². The zero-order chi connectivity index (χ0) is 38.5. The van der Waals surface area contributed by atoms with E-state index in [-0.39, 0.29) is 19.4 Å². The second kappa shape index (κ2) is 36.2. The van der Waals surface area contributed by atoms with Gasteiger partial charge in [-0.1, -0.05) is 154 Å². The Morgan fingerprint density at radius 3 is 1.40 bits per heavy atom. The second-order valence-electron chi connectivity index (χ2n) is 14.1. The van der Waals surface area contributed by atoms with Gasteiger partial charge >= 0.3 is 25.7 Å². The molecule has 0 radical (unpaired) electrons. The number of esters is 2. The van der Waals surface area contributed by atoms with Crippen molar-refractivity contribution < 1.29 is 47.5 Å². The van der Waals surface area contributed by atoms with E-state index in [0.717, 1.165) is 38.5 Å². The van der Waals surface area contributed by atoms with Crippen molar-refractivity contribution in [1.29, 1.82) is 0 Å². The molecule has 0 aromatic carbocycles. The fraction of sp³-hybridized carbons (Fsp3) is 0.875. The lowest BCUT2D eigenvalue weighted by Crippen LogP contribution is -2.34. The maximum Gasteiger partial charge on any atom is 0.472 e. The summed E-state index contributed by atoms with van der Waals surface area (Å²) in [7, 11) is -4.70. The van der Waals surface area contributed by atoms with Gasteiger partial charge in [-0.25, -0.2) is 4.57 Å². The quantitative estimate of drug-likeness (QED) is 0.0235. The molecule has 306 valence electrons. The maximum absolute atomic E-state index is 12.6. The van der Waals surface area contributed by atoms with Crippen LogP contribution in [0.15, 0.2) is 12.2 Å². The summed E-state index contributed by atoms with van der Waals surface area (Å²) >= 11 is 0. The Kier molecular flexibility index (Phi) is 35.0. The first kappa shape index (κ1) is 50.2. The zero-order valence-corrected chi connectivity index (χ0v) is 33.8. The number of aliphatic carboxylic acids is 1. The van der Waals surface area contributed by atoms with Crippen LogP contribution in [0.3, 0.4) is 0 Å². The molecule has 0 amide bonds. The van der Waals surface area contributed by atoms with Crippen molar-refractivity contribution in [2.45, 2.75) is 206 Å². The summed E-state index contributed by atoms with van der Waals surface area (Å²) in [4.78, 5) is 45.6. The molecule has 0 aliphatic carbocycles. The third kappa shape index (κ3) is 35.3. The molecule has 52 heavy (non-hydrogen) atoms. The van der Waals surface area contributed by atoms with Gasteiger partial charge in [0, 0.05) is 12.8 Å². The SMILES string of the molecule is CCCCCCCCCC/C=C\CCCCCCCCCCCC(=O)OC(COC(=O)CCCCCCCCC)COP(=O)(O)OCC(N)C(=O)O. The molecular formula is C40H76NO10P. The minimum atomic E-state index is -4.70. The molecule has 4 N–H and O–H groups in total. The largest absolute Gasteiger partial charge is 0.480 e.